The summed E-state index contributed by atoms with van der Waals surface area (Å²) >= 11 is 0. The molecule has 1 aromatic carbocycles. The summed E-state index contributed by atoms with van der Waals surface area (Å²) < 4.78 is 18.9. The van der Waals surface area contributed by atoms with Crippen molar-refractivity contribution in [2.45, 2.75) is 13.0 Å². The molecule has 24 heavy (non-hydrogen) atoms. The molecule has 0 aliphatic carbocycles. The summed E-state index contributed by atoms with van der Waals surface area (Å²) in [6.45, 7) is 5.35. The zero-order chi connectivity index (χ0) is 16.5. The SMILES string of the molecule is I.N#Cc1ccc(F)c(CN=C(N)NCCCN2CCOCC2)c1. The molecule has 0 radical (unpaired) electrons. The average molecular weight is 447 g/mol. The van der Waals surface area contributed by atoms with E-state index >= 15 is 0 Å². The van der Waals surface area contributed by atoms with E-state index in [1.54, 1.807) is 0 Å². The highest BCUT2D eigenvalue weighted by Gasteiger charge is 2.09. The highest BCUT2D eigenvalue weighted by atomic mass is 127. The summed E-state index contributed by atoms with van der Waals surface area (Å²) in [6.07, 6.45) is 0.953. The second-order valence-electron chi connectivity index (χ2n) is 5.35. The molecule has 0 atom stereocenters. The first kappa shape index (κ1) is 20.6. The number of morpholine rings is 1. The Bertz CT molecular complexity index is 584. The van der Waals surface area contributed by atoms with Crippen molar-refractivity contribution < 1.29 is 9.13 Å². The van der Waals surface area contributed by atoms with E-state index in [2.05, 4.69) is 15.2 Å². The van der Waals surface area contributed by atoms with E-state index in [0.29, 0.717) is 17.7 Å². The summed E-state index contributed by atoms with van der Waals surface area (Å²) in [5.41, 5.74) is 6.55. The lowest BCUT2D eigenvalue weighted by atomic mass is 10.1. The fourth-order valence-corrected chi connectivity index (χ4v) is 2.34. The lowest BCUT2D eigenvalue weighted by molar-refractivity contribution is 0.0376. The lowest BCUT2D eigenvalue weighted by Gasteiger charge is -2.26. The number of ether oxygens (including phenoxy) is 1. The number of hydrogen-bond acceptors (Lipinski definition) is 4. The molecular formula is C16H23FIN5O. The van der Waals surface area contributed by atoms with Crippen molar-refractivity contribution in [2.75, 3.05) is 39.4 Å². The van der Waals surface area contributed by atoms with Crippen molar-refractivity contribution in [3.05, 3.63) is 35.1 Å². The van der Waals surface area contributed by atoms with Gasteiger partial charge in [0, 0.05) is 25.2 Å². The average Bonchev–Trinajstić information content (AvgIpc) is 2.59. The van der Waals surface area contributed by atoms with Gasteiger partial charge in [-0.2, -0.15) is 5.26 Å². The molecule has 1 aliphatic rings. The Morgan fingerprint density at radius 2 is 2.17 bits per heavy atom. The van der Waals surface area contributed by atoms with Crippen LogP contribution in [0.15, 0.2) is 23.2 Å². The topological polar surface area (TPSA) is 86.7 Å². The zero-order valence-electron chi connectivity index (χ0n) is 13.5. The minimum absolute atomic E-state index is 0. The molecule has 1 saturated heterocycles. The van der Waals surface area contributed by atoms with Crippen molar-refractivity contribution in [2.24, 2.45) is 10.7 Å². The zero-order valence-corrected chi connectivity index (χ0v) is 15.8. The minimum atomic E-state index is -0.382. The van der Waals surface area contributed by atoms with Crippen molar-refractivity contribution in [1.29, 1.82) is 5.26 Å². The normalized spacial score (nSPS) is 15.4. The maximum atomic E-state index is 13.6. The highest BCUT2D eigenvalue weighted by molar-refractivity contribution is 14.0. The molecule has 2 rings (SSSR count). The number of rotatable bonds is 6. The van der Waals surface area contributed by atoms with Crippen LogP contribution in [-0.2, 0) is 11.3 Å². The number of aliphatic imine (C=N–C) groups is 1. The van der Waals surface area contributed by atoms with Gasteiger partial charge in [-0.1, -0.05) is 0 Å². The second-order valence-corrected chi connectivity index (χ2v) is 5.35. The fourth-order valence-electron chi connectivity index (χ4n) is 2.34. The van der Waals surface area contributed by atoms with Crippen molar-refractivity contribution >= 4 is 29.9 Å². The lowest BCUT2D eigenvalue weighted by Crippen LogP contribution is -2.39. The summed E-state index contributed by atoms with van der Waals surface area (Å²) in [4.78, 5) is 6.46. The Kier molecular flexibility index (Phi) is 9.59. The second kappa shape index (κ2) is 11.2. The molecule has 0 aromatic heterocycles. The van der Waals surface area contributed by atoms with Crippen LogP contribution in [0.1, 0.15) is 17.5 Å². The van der Waals surface area contributed by atoms with Gasteiger partial charge in [-0.05, 0) is 31.2 Å². The molecule has 0 bridgehead atoms. The molecule has 1 fully saturated rings. The Balaban J connectivity index is 0.00000288. The van der Waals surface area contributed by atoms with Gasteiger partial charge in [0.1, 0.15) is 5.82 Å². The molecule has 3 N–H and O–H groups in total. The van der Waals surface area contributed by atoms with Crippen LogP contribution in [-0.4, -0.2) is 50.3 Å². The van der Waals surface area contributed by atoms with Gasteiger partial charge in [-0.25, -0.2) is 9.38 Å². The number of halogens is 2. The van der Waals surface area contributed by atoms with E-state index in [9.17, 15) is 4.39 Å². The van der Waals surface area contributed by atoms with Crippen molar-refractivity contribution in [3.8, 4) is 6.07 Å². The molecule has 0 unspecified atom stereocenters. The Hall–Kier alpha value is -1.44. The molecule has 8 heteroatoms. The van der Waals surface area contributed by atoms with Crippen molar-refractivity contribution in [3.63, 3.8) is 0 Å². The summed E-state index contributed by atoms with van der Waals surface area (Å²) in [5.74, 6) is -0.0957. The van der Waals surface area contributed by atoms with E-state index in [1.165, 1.54) is 18.2 Å². The van der Waals surface area contributed by atoms with Crippen LogP contribution < -0.4 is 11.1 Å². The smallest absolute Gasteiger partial charge is 0.188 e. The van der Waals surface area contributed by atoms with E-state index in [4.69, 9.17) is 15.7 Å². The molecule has 0 spiro atoms. The summed E-state index contributed by atoms with van der Waals surface area (Å²) in [7, 11) is 0. The first-order valence-corrected chi connectivity index (χ1v) is 7.71. The Morgan fingerprint density at radius 3 is 2.88 bits per heavy atom. The molecule has 6 nitrogen and oxygen atoms in total. The minimum Gasteiger partial charge on any atom is -0.379 e. The molecule has 1 heterocycles. The van der Waals surface area contributed by atoms with Gasteiger partial charge in [0.15, 0.2) is 5.96 Å². The van der Waals surface area contributed by atoms with Crippen LogP contribution >= 0.6 is 24.0 Å². The number of nitriles is 1. The molecule has 0 saturated carbocycles. The van der Waals surface area contributed by atoms with E-state index in [0.717, 1.165) is 39.3 Å². The monoisotopic (exact) mass is 447 g/mol. The van der Waals surface area contributed by atoms with Crippen LogP contribution in [0.3, 0.4) is 0 Å². The van der Waals surface area contributed by atoms with Crippen molar-refractivity contribution in [1.82, 2.24) is 10.2 Å². The number of nitrogens with two attached hydrogens (primary N) is 1. The molecule has 1 aromatic rings. The van der Waals surface area contributed by atoms with Crippen LogP contribution in [0.5, 0.6) is 0 Å². The number of benzene rings is 1. The maximum absolute atomic E-state index is 13.6. The predicted octanol–water partition coefficient (Wildman–Crippen LogP) is 1.44. The van der Waals surface area contributed by atoms with Crippen LogP contribution in [0.25, 0.3) is 0 Å². The fraction of sp³-hybridized carbons (Fsp3) is 0.500. The molecule has 1 aliphatic heterocycles. The third-order valence-electron chi connectivity index (χ3n) is 3.66. The quantitative estimate of drug-likeness (QED) is 0.299. The van der Waals surface area contributed by atoms with Gasteiger partial charge in [0.25, 0.3) is 0 Å². The highest BCUT2D eigenvalue weighted by Crippen LogP contribution is 2.11. The first-order chi connectivity index (χ1) is 11.2. The van der Waals surface area contributed by atoms with Gasteiger partial charge in [0.2, 0.25) is 0 Å². The Morgan fingerprint density at radius 1 is 1.42 bits per heavy atom. The van der Waals surface area contributed by atoms with Gasteiger partial charge in [-0.3, -0.25) is 4.90 Å². The van der Waals surface area contributed by atoms with Gasteiger partial charge < -0.3 is 15.8 Å². The number of guanidine groups is 1. The maximum Gasteiger partial charge on any atom is 0.188 e. The first-order valence-electron chi connectivity index (χ1n) is 7.71. The third kappa shape index (κ3) is 6.98. The van der Waals surface area contributed by atoms with E-state index in [-0.39, 0.29) is 42.3 Å². The Labute approximate surface area is 158 Å². The molecule has 0 amide bonds. The number of hydrogen-bond donors (Lipinski definition) is 2. The van der Waals surface area contributed by atoms with Gasteiger partial charge >= 0.3 is 0 Å². The van der Waals surface area contributed by atoms with E-state index < -0.39 is 0 Å². The van der Waals surface area contributed by atoms with E-state index in [1.807, 2.05) is 6.07 Å². The molecule has 132 valence electrons. The van der Waals surface area contributed by atoms with Crippen LogP contribution in [0, 0.1) is 17.1 Å². The van der Waals surface area contributed by atoms with Crippen LogP contribution in [0.4, 0.5) is 4.39 Å². The number of nitrogens with one attached hydrogen (secondary N) is 1. The summed E-state index contributed by atoms with van der Waals surface area (Å²) in [6, 6.07) is 6.18. The largest absolute Gasteiger partial charge is 0.379 e. The van der Waals surface area contributed by atoms with Crippen LogP contribution in [0.2, 0.25) is 0 Å². The third-order valence-corrected chi connectivity index (χ3v) is 3.66. The van der Waals surface area contributed by atoms with Gasteiger partial charge in [-0.15, -0.1) is 24.0 Å². The standard InChI is InChI=1S/C16H22FN5O.HI/c17-15-3-2-13(11-18)10-14(15)12-21-16(19)20-4-1-5-22-6-8-23-9-7-22;/h2-3,10H,1,4-9,12H2,(H3,19,20,21);1H. The molecular weight excluding hydrogens is 424 g/mol. The van der Waals surface area contributed by atoms with Gasteiger partial charge in [0.05, 0.1) is 31.4 Å². The number of nitrogens with zero attached hydrogens (tertiary/aromatic N) is 3. The predicted molar refractivity (Wildman–Crippen MR) is 102 cm³/mol. The summed E-state index contributed by atoms with van der Waals surface area (Å²) in [5, 5.41) is 11.8.